The quantitative estimate of drug-likeness (QED) is 0.583. The van der Waals surface area contributed by atoms with Crippen LogP contribution in [-0.4, -0.2) is 30.9 Å². The van der Waals surface area contributed by atoms with Crippen molar-refractivity contribution in [2.24, 2.45) is 12.1 Å². The number of hydrogen-bond acceptors (Lipinski definition) is 4. The van der Waals surface area contributed by atoms with Gasteiger partial charge in [-0.15, -0.1) is 0 Å². The number of benzene rings is 1. The Labute approximate surface area is 143 Å². The van der Waals surface area contributed by atoms with Gasteiger partial charge in [-0.2, -0.15) is 20.0 Å². The predicted molar refractivity (Wildman–Crippen MR) is 93.5 cm³/mol. The highest BCUT2D eigenvalue weighted by Gasteiger charge is 2.12. The molecule has 0 bridgehead atoms. The number of halogens is 1. The average Bonchev–Trinajstić information content (AvgIpc) is 2.99. The summed E-state index contributed by atoms with van der Waals surface area (Å²) in [5.74, 6) is 0.566. The van der Waals surface area contributed by atoms with E-state index in [1.807, 2.05) is 43.8 Å². The predicted octanol–water partition coefficient (Wildman–Crippen LogP) is 3.49. The Morgan fingerprint density at radius 2 is 2.04 bits per heavy atom. The fraction of sp³-hybridized carbons (Fsp3) is 0.200. The Morgan fingerprint density at radius 1 is 1.30 bits per heavy atom. The second kappa shape index (κ2) is 6.10. The number of hydrogen-bond donors (Lipinski definition) is 1. The molecule has 6 nitrogen and oxygen atoms in total. The SMILES string of the molecule is Cc1nn(C)c(C)c1/C=N\n1c(-c2ccccc2Cl)n[nH]c1=S. The molecular formula is C15H15ClN6S. The number of aromatic amines is 1. The highest BCUT2D eigenvalue weighted by molar-refractivity contribution is 7.71. The van der Waals surface area contributed by atoms with Crippen molar-refractivity contribution >= 4 is 30.0 Å². The third kappa shape index (κ3) is 2.85. The van der Waals surface area contributed by atoms with Gasteiger partial charge in [0.15, 0.2) is 5.82 Å². The molecule has 23 heavy (non-hydrogen) atoms. The lowest BCUT2D eigenvalue weighted by Crippen LogP contribution is -1.97. The van der Waals surface area contributed by atoms with Crippen LogP contribution in [0.25, 0.3) is 11.4 Å². The van der Waals surface area contributed by atoms with Crippen LogP contribution in [0.5, 0.6) is 0 Å². The van der Waals surface area contributed by atoms with E-state index in [-0.39, 0.29) is 0 Å². The minimum absolute atomic E-state index is 0.398. The fourth-order valence-corrected chi connectivity index (χ4v) is 2.71. The second-order valence-corrected chi connectivity index (χ2v) is 5.89. The van der Waals surface area contributed by atoms with Crippen LogP contribution < -0.4 is 0 Å². The monoisotopic (exact) mass is 346 g/mol. The van der Waals surface area contributed by atoms with E-state index in [0.29, 0.717) is 15.6 Å². The van der Waals surface area contributed by atoms with Crippen LogP contribution in [0.4, 0.5) is 0 Å². The molecule has 0 atom stereocenters. The lowest BCUT2D eigenvalue weighted by atomic mass is 10.2. The summed E-state index contributed by atoms with van der Waals surface area (Å²) in [7, 11) is 1.90. The van der Waals surface area contributed by atoms with Gasteiger partial charge in [-0.3, -0.25) is 4.68 Å². The van der Waals surface area contributed by atoms with Crippen LogP contribution in [0.15, 0.2) is 29.4 Å². The maximum Gasteiger partial charge on any atom is 0.216 e. The van der Waals surface area contributed by atoms with Gasteiger partial charge in [-0.05, 0) is 38.2 Å². The summed E-state index contributed by atoms with van der Waals surface area (Å²) in [5, 5.41) is 16.4. The summed E-state index contributed by atoms with van der Waals surface area (Å²) >= 11 is 11.5. The summed E-state index contributed by atoms with van der Waals surface area (Å²) in [6.45, 7) is 3.93. The Bertz CT molecular complexity index is 949. The molecule has 0 aliphatic heterocycles. The smallest absolute Gasteiger partial charge is 0.216 e. The Hall–Kier alpha value is -2.25. The molecule has 0 aliphatic carbocycles. The van der Waals surface area contributed by atoms with Gasteiger partial charge in [0.25, 0.3) is 0 Å². The van der Waals surface area contributed by atoms with Crippen molar-refractivity contribution in [3.63, 3.8) is 0 Å². The number of aromatic nitrogens is 5. The fourth-order valence-electron chi connectivity index (χ4n) is 2.31. The molecule has 0 saturated carbocycles. The molecule has 2 aromatic heterocycles. The molecule has 8 heteroatoms. The molecular weight excluding hydrogens is 332 g/mol. The first-order chi connectivity index (χ1) is 11.0. The second-order valence-electron chi connectivity index (χ2n) is 5.10. The molecule has 0 fully saturated rings. The minimum Gasteiger partial charge on any atom is -0.272 e. The molecule has 3 aromatic rings. The third-order valence-corrected chi connectivity index (χ3v) is 4.23. The number of nitrogens with zero attached hydrogens (tertiary/aromatic N) is 5. The minimum atomic E-state index is 0.398. The van der Waals surface area contributed by atoms with E-state index in [2.05, 4.69) is 20.4 Å². The van der Waals surface area contributed by atoms with E-state index in [1.54, 1.807) is 17.0 Å². The first-order valence-corrected chi connectivity index (χ1v) is 7.74. The average molecular weight is 347 g/mol. The van der Waals surface area contributed by atoms with E-state index in [0.717, 1.165) is 22.5 Å². The lowest BCUT2D eigenvalue weighted by molar-refractivity contribution is 0.731. The van der Waals surface area contributed by atoms with Crippen molar-refractivity contribution in [3.05, 3.63) is 51.0 Å². The maximum atomic E-state index is 6.24. The molecule has 0 aliphatic rings. The number of H-pyrrole nitrogens is 1. The Balaban J connectivity index is 2.08. The van der Waals surface area contributed by atoms with E-state index < -0.39 is 0 Å². The van der Waals surface area contributed by atoms with Crippen LogP contribution in [-0.2, 0) is 7.05 Å². The standard InChI is InChI=1S/C15H15ClN6S/c1-9-12(10(2)21(3)20-9)8-17-22-14(18-19-15(22)23)11-6-4-5-7-13(11)16/h4-8H,1-3H3,(H,19,23)/b17-8-. The van der Waals surface area contributed by atoms with Gasteiger partial charge in [0.05, 0.1) is 16.9 Å². The zero-order valence-corrected chi connectivity index (χ0v) is 14.5. The van der Waals surface area contributed by atoms with Gasteiger partial charge in [0, 0.05) is 23.9 Å². The third-order valence-electron chi connectivity index (χ3n) is 3.63. The van der Waals surface area contributed by atoms with E-state index in [4.69, 9.17) is 23.8 Å². The van der Waals surface area contributed by atoms with E-state index >= 15 is 0 Å². The molecule has 0 amide bonds. The summed E-state index contributed by atoms with van der Waals surface area (Å²) in [6, 6.07) is 7.43. The van der Waals surface area contributed by atoms with E-state index in [1.165, 1.54) is 0 Å². The molecule has 0 radical (unpaired) electrons. The summed E-state index contributed by atoms with van der Waals surface area (Å²) in [6.07, 6.45) is 1.74. The van der Waals surface area contributed by atoms with Gasteiger partial charge < -0.3 is 0 Å². The lowest BCUT2D eigenvalue weighted by Gasteiger charge is -2.03. The maximum absolute atomic E-state index is 6.24. The van der Waals surface area contributed by atoms with E-state index in [9.17, 15) is 0 Å². The largest absolute Gasteiger partial charge is 0.272 e. The number of nitrogens with one attached hydrogen (secondary N) is 1. The summed E-state index contributed by atoms with van der Waals surface area (Å²) < 4.78 is 3.78. The molecule has 118 valence electrons. The normalized spacial score (nSPS) is 11.5. The zero-order valence-electron chi connectivity index (χ0n) is 12.9. The number of rotatable bonds is 3. The molecule has 0 saturated heterocycles. The van der Waals surface area contributed by atoms with Crippen molar-refractivity contribution < 1.29 is 0 Å². The van der Waals surface area contributed by atoms with Gasteiger partial charge >= 0.3 is 0 Å². The first kappa shape index (κ1) is 15.6. The highest BCUT2D eigenvalue weighted by Crippen LogP contribution is 2.26. The molecule has 3 rings (SSSR count). The zero-order chi connectivity index (χ0) is 16.6. The van der Waals surface area contributed by atoms with Crippen molar-refractivity contribution in [1.82, 2.24) is 24.7 Å². The van der Waals surface area contributed by atoms with Crippen LogP contribution in [0, 0.1) is 18.6 Å². The van der Waals surface area contributed by atoms with Crippen molar-refractivity contribution in [3.8, 4) is 11.4 Å². The van der Waals surface area contributed by atoms with Gasteiger partial charge in [-0.1, -0.05) is 23.7 Å². The van der Waals surface area contributed by atoms with Crippen LogP contribution in [0.3, 0.4) is 0 Å². The van der Waals surface area contributed by atoms with Gasteiger partial charge in [0.1, 0.15) is 0 Å². The topological polar surface area (TPSA) is 63.8 Å². The van der Waals surface area contributed by atoms with Crippen LogP contribution in [0.2, 0.25) is 5.02 Å². The van der Waals surface area contributed by atoms with Crippen LogP contribution >= 0.6 is 23.8 Å². The summed E-state index contributed by atoms with van der Waals surface area (Å²) in [4.78, 5) is 0. The van der Waals surface area contributed by atoms with Crippen molar-refractivity contribution in [2.75, 3.05) is 0 Å². The summed E-state index contributed by atoms with van der Waals surface area (Å²) in [5.41, 5.74) is 3.66. The highest BCUT2D eigenvalue weighted by atomic mass is 35.5. The first-order valence-electron chi connectivity index (χ1n) is 6.96. The van der Waals surface area contributed by atoms with Crippen molar-refractivity contribution in [1.29, 1.82) is 0 Å². The molecule has 0 unspecified atom stereocenters. The Morgan fingerprint density at radius 3 is 2.70 bits per heavy atom. The molecule has 2 heterocycles. The van der Waals surface area contributed by atoms with Gasteiger partial charge in [0.2, 0.25) is 4.77 Å². The Kier molecular flexibility index (Phi) is 4.14. The molecule has 0 spiro atoms. The van der Waals surface area contributed by atoms with Crippen molar-refractivity contribution in [2.45, 2.75) is 13.8 Å². The number of aryl methyl sites for hydroxylation is 2. The van der Waals surface area contributed by atoms with Gasteiger partial charge in [-0.25, -0.2) is 5.10 Å². The van der Waals surface area contributed by atoms with Crippen LogP contribution in [0.1, 0.15) is 17.0 Å². The molecule has 1 aromatic carbocycles. The molecule has 1 N–H and O–H groups in total.